The van der Waals surface area contributed by atoms with Gasteiger partial charge in [-0.25, -0.2) is 4.68 Å². The van der Waals surface area contributed by atoms with Crippen LogP contribution in [0.1, 0.15) is 68.0 Å². The fraction of sp³-hybridized carbons (Fsp3) is 0.556. The first-order valence-corrected chi connectivity index (χ1v) is 8.08. The molecule has 4 rings (SSSR count). The molecule has 21 heavy (non-hydrogen) atoms. The zero-order valence-electron chi connectivity index (χ0n) is 13.1. The molecule has 2 atom stereocenters. The zero-order chi connectivity index (χ0) is 14.6. The van der Waals surface area contributed by atoms with Crippen molar-refractivity contribution in [1.82, 2.24) is 15.0 Å². The first kappa shape index (κ1) is 13.1. The third kappa shape index (κ3) is 1.94. The van der Waals surface area contributed by atoms with E-state index in [2.05, 4.69) is 60.0 Å². The van der Waals surface area contributed by atoms with Crippen molar-refractivity contribution in [2.45, 2.75) is 63.8 Å². The van der Waals surface area contributed by atoms with Gasteiger partial charge in [0, 0.05) is 0 Å². The highest BCUT2D eigenvalue weighted by atomic mass is 15.5. The molecule has 0 fully saturated rings. The average Bonchev–Trinajstić information content (AvgIpc) is 2.80. The van der Waals surface area contributed by atoms with Crippen molar-refractivity contribution in [2.75, 3.05) is 0 Å². The smallest absolute Gasteiger partial charge is 0.0859 e. The molecule has 0 bridgehead atoms. The van der Waals surface area contributed by atoms with Gasteiger partial charge in [-0.3, -0.25) is 0 Å². The third-order valence-electron chi connectivity index (χ3n) is 5.14. The predicted molar refractivity (Wildman–Crippen MR) is 83.6 cm³/mol. The maximum atomic E-state index is 4.48. The number of hydrogen-bond donors (Lipinski definition) is 0. The first-order valence-electron chi connectivity index (χ1n) is 8.08. The van der Waals surface area contributed by atoms with Crippen LogP contribution < -0.4 is 0 Å². The highest BCUT2D eigenvalue weighted by molar-refractivity contribution is 5.45. The topological polar surface area (TPSA) is 30.7 Å². The third-order valence-corrected chi connectivity index (χ3v) is 5.14. The molecule has 0 radical (unpaired) electrons. The van der Waals surface area contributed by atoms with Gasteiger partial charge in [0.1, 0.15) is 0 Å². The number of benzene rings is 1. The molecule has 1 heterocycles. The van der Waals surface area contributed by atoms with E-state index >= 15 is 0 Å². The molecule has 2 unspecified atom stereocenters. The Morgan fingerprint density at radius 1 is 1.00 bits per heavy atom. The van der Waals surface area contributed by atoms with Gasteiger partial charge in [0.2, 0.25) is 0 Å². The van der Waals surface area contributed by atoms with Crippen LogP contribution in [-0.2, 0) is 18.4 Å². The quantitative estimate of drug-likeness (QED) is 0.735. The Kier molecular flexibility index (Phi) is 2.75. The van der Waals surface area contributed by atoms with E-state index in [0.717, 1.165) is 24.7 Å². The molecule has 0 N–H and O–H groups in total. The highest BCUT2D eigenvalue weighted by Gasteiger charge is 2.38. The summed E-state index contributed by atoms with van der Waals surface area (Å²) in [6, 6.07) is 8.98. The van der Waals surface area contributed by atoms with Gasteiger partial charge in [0.25, 0.3) is 0 Å². The summed E-state index contributed by atoms with van der Waals surface area (Å²) in [5.41, 5.74) is 5.78. The molecule has 0 saturated carbocycles. The summed E-state index contributed by atoms with van der Waals surface area (Å²) in [7, 11) is 0. The molecule has 3 heteroatoms. The molecule has 2 aliphatic carbocycles. The lowest BCUT2D eigenvalue weighted by molar-refractivity contribution is 0.327. The van der Waals surface area contributed by atoms with Gasteiger partial charge in [-0.2, -0.15) is 0 Å². The molecular formula is C18H23N3. The lowest BCUT2D eigenvalue weighted by atomic mass is 9.63. The summed E-state index contributed by atoms with van der Waals surface area (Å²) >= 11 is 0. The SMILES string of the molecule is CC(C)(C)n1nnc2c1CCC1c3ccccc3C1CC2. The van der Waals surface area contributed by atoms with E-state index in [4.69, 9.17) is 0 Å². The van der Waals surface area contributed by atoms with Crippen molar-refractivity contribution >= 4 is 0 Å². The number of nitrogens with zero attached hydrogens (tertiary/aromatic N) is 3. The molecule has 2 aromatic rings. The van der Waals surface area contributed by atoms with Crippen molar-refractivity contribution in [3.05, 3.63) is 46.8 Å². The molecule has 1 aromatic carbocycles. The summed E-state index contributed by atoms with van der Waals surface area (Å²) in [6.07, 6.45) is 4.63. The predicted octanol–water partition coefficient (Wildman–Crippen LogP) is 3.79. The normalized spacial score (nSPS) is 24.1. The first-order chi connectivity index (χ1) is 10.1. The largest absolute Gasteiger partial charge is 0.244 e. The standard InChI is InChI=1S/C18H23N3/c1-18(2,3)21-17-11-9-15-13-7-5-4-6-12(13)14(15)8-10-16(17)19-20-21/h4-7,14-15H,8-11H2,1-3H3. The maximum Gasteiger partial charge on any atom is 0.0859 e. The van der Waals surface area contributed by atoms with Gasteiger partial charge in [-0.1, -0.05) is 29.5 Å². The van der Waals surface area contributed by atoms with E-state index in [1.54, 1.807) is 11.1 Å². The summed E-state index contributed by atoms with van der Waals surface area (Å²) < 4.78 is 2.15. The van der Waals surface area contributed by atoms with Crippen LogP contribution >= 0.6 is 0 Å². The van der Waals surface area contributed by atoms with E-state index in [9.17, 15) is 0 Å². The van der Waals surface area contributed by atoms with Crippen LogP contribution in [0.3, 0.4) is 0 Å². The van der Waals surface area contributed by atoms with Crippen LogP contribution in [0.4, 0.5) is 0 Å². The lowest BCUT2D eigenvalue weighted by Gasteiger charge is -2.41. The molecule has 3 nitrogen and oxygen atoms in total. The van der Waals surface area contributed by atoms with Gasteiger partial charge in [0.05, 0.1) is 16.9 Å². The molecule has 0 amide bonds. The number of rotatable bonds is 0. The van der Waals surface area contributed by atoms with Crippen LogP contribution in [0.2, 0.25) is 0 Å². The number of fused-ring (bicyclic) bond motifs is 5. The fourth-order valence-electron chi connectivity index (χ4n) is 4.14. The minimum absolute atomic E-state index is 0.0245. The number of aromatic nitrogens is 3. The second-order valence-electron chi connectivity index (χ2n) is 7.48. The van der Waals surface area contributed by atoms with Crippen molar-refractivity contribution in [3.63, 3.8) is 0 Å². The Bertz CT molecular complexity index is 678. The Hall–Kier alpha value is -1.64. The van der Waals surface area contributed by atoms with Crippen molar-refractivity contribution in [3.8, 4) is 0 Å². The van der Waals surface area contributed by atoms with E-state index in [1.165, 1.54) is 24.2 Å². The van der Waals surface area contributed by atoms with Crippen LogP contribution in [0.5, 0.6) is 0 Å². The summed E-state index contributed by atoms with van der Waals surface area (Å²) in [5.74, 6) is 1.49. The molecule has 110 valence electrons. The van der Waals surface area contributed by atoms with Gasteiger partial charge < -0.3 is 0 Å². The molecule has 0 spiro atoms. The number of hydrogen-bond acceptors (Lipinski definition) is 2. The monoisotopic (exact) mass is 281 g/mol. The van der Waals surface area contributed by atoms with Gasteiger partial charge in [-0.15, -0.1) is 5.10 Å². The second-order valence-corrected chi connectivity index (χ2v) is 7.48. The van der Waals surface area contributed by atoms with Crippen molar-refractivity contribution in [2.24, 2.45) is 0 Å². The number of aryl methyl sites for hydroxylation is 1. The summed E-state index contributed by atoms with van der Waals surface area (Å²) in [6.45, 7) is 6.63. The van der Waals surface area contributed by atoms with Gasteiger partial charge in [-0.05, 0) is 69.4 Å². The molecule has 2 aliphatic rings. The van der Waals surface area contributed by atoms with Crippen LogP contribution in [-0.4, -0.2) is 15.0 Å². The fourth-order valence-corrected chi connectivity index (χ4v) is 4.14. The molecule has 1 aromatic heterocycles. The summed E-state index contributed by atoms with van der Waals surface area (Å²) in [4.78, 5) is 0. The molecule has 0 aliphatic heterocycles. The zero-order valence-corrected chi connectivity index (χ0v) is 13.1. The van der Waals surface area contributed by atoms with E-state index in [-0.39, 0.29) is 5.54 Å². The van der Waals surface area contributed by atoms with Crippen LogP contribution in [0, 0.1) is 0 Å². The molecular weight excluding hydrogens is 258 g/mol. The Labute approximate surface area is 126 Å². The summed E-state index contributed by atoms with van der Waals surface area (Å²) in [5, 5.41) is 8.92. The van der Waals surface area contributed by atoms with Crippen molar-refractivity contribution < 1.29 is 0 Å². The Morgan fingerprint density at radius 3 is 2.24 bits per heavy atom. The van der Waals surface area contributed by atoms with E-state index < -0.39 is 0 Å². The van der Waals surface area contributed by atoms with Crippen LogP contribution in [0.25, 0.3) is 0 Å². The molecule has 0 saturated heterocycles. The Morgan fingerprint density at radius 2 is 1.62 bits per heavy atom. The average molecular weight is 281 g/mol. The highest BCUT2D eigenvalue weighted by Crippen LogP contribution is 2.52. The van der Waals surface area contributed by atoms with Crippen molar-refractivity contribution in [1.29, 1.82) is 0 Å². The van der Waals surface area contributed by atoms with E-state index in [0.29, 0.717) is 0 Å². The minimum Gasteiger partial charge on any atom is -0.244 e. The second kappa shape index (κ2) is 4.43. The van der Waals surface area contributed by atoms with Gasteiger partial charge >= 0.3 is 0 Å². The van der Waals surface area contributed by atoms with Crippen LogP contribution in [0.15, 0.2) is 24.3 Å². The lowest BCUT2D eigenvalue weighted by Crippen LogP contribution is -2.29. The van der Waals surface area contributed by atoms with E-state index in [1.807, 2.05) is 0 Å². The maximum absolute atomic E-state index is 4.48. The minimum atomic E-state index is 0.0245. The Balaban J connectivity index is 1.67. The van der Waals surface area contributed by atoms with Gasteiger partial charge in [0.15, 0.2) is 0 Å².